The molecule has 2 N–H and O–H groups in total. The maximum atomic E-state index is 13.5. The van der Waals surface area contributed by atoms with Crippen LogP contribution >= 0.6 is 11.6 Å². The van der Waals surface area contributed by atoms with E-state index in [9.17, 15) is 14.0 Å². The topological polar surface area (TPSA) is 72.9 Å². The second-order valence-electron chi connectivity index (χ2n) is 4.96. The largest absolute Gasteiger partial charge is 0.481 e. The molecule has 124 valence electrons. The zero-order valence-electron chi connectivity index (χ0n) is 12.5. The van der Waals surface area contributed by atoms with Crippen molar-refractivity contribution in [3.05, 3.63) is 42.0 Å². The number of halogens is 2. The van der Waals surface area contributed by atoms with Gasteiger partial charge >= 0.3 is 5.97 Å². The number of anilines is 1. The first-order valence-electron chi connectivity index (χ1n) is 6.99. The Hall–Kier alpha value is -2.28. The van der Waals surface area contributed by atoms with Gasteiger partial charge in [0.15, 0.2) is 0 Å². The molecule has 2 rings (SSSR count). The monoisotopic (exact) mass is 341 g/mol. The molecule has 0 spiro atoms. The van der Waals surface area contributed by atoms with Crippen LogP contribution in [0.1, 0.15) is 16.8 Å². The van der Waals surface area contributed by atoms with Gasteiger partial charge in [-0.2, -0.15) is 0 Å². The minimum atomic E-state index is -0.905. The van der Waals surface area contributed by atoms with Crippen LogP contribution in [-0.2, 0) is 4.79 Å². The zero-order valence-corrected chi connectivity index (χ0v) is 13.3. The van der Waals surface area contributed by atoms with Gasteiger partial charge in [0.1, 0.15) is 12.0 Å². The molecule has 0 aliphatic carbocycles. The number of alkyl halides is 1. The van der Waals surface area contributed by atoms with Gasteiger partial charge in [0.05, 0.1) is 23.6 Å². The molecule has 0 bridgehead atoms. The number of hydrogen-bond acceptors (Lipinski definition) is 4. The standard InChI is InChI=1S/C15H17ClFN3O3/c1-18-15(23)11-8-10(17)2-3-12(11)20-7-6-19(13(20)9-16)5-4-14(21)22/h2-3,6-8,13H,4-5,9H2,1H3,(H,18,23)(H,21,22). The average Bonchev–Trinajstić information content (AvgIpc) is 2.94. The predicted molar refractivity (Wildman–Crippen MR) is 84.9 cm³/mol. The van der Waals surface area contributed by atoms with Crippen LogP contribution in [0.15, 0.2) is 30.6 Å². The number of carbonyl (C=O) groups excluding carboxylic acids is 1. The molecular formula is C15H17ClFN3O3. The molecule has 8 heteroatoms. The zero-order chi connectivity index (χ0) is 17.0. The SMILES string of the molecule is CNC(=O)c1cc(F)ccc1N1C=CN(CCC(=O)O)C1CCl. The van der Waals surface area contributed by atoms with Gasteiger partial charge in [0.25, 0.3) is 5.91 Å². The lowest BCUT2D eigenvalue weighted by molar-refractivity contribution is -0.137. The Morgan fingerprint density at radius 1 is 1.39 bits per heavy atom. The molecule has 1 atom stereocenters. The van der Waals surface area contributed by atoms with Crippen molar-refractivity contribution in [2.45, 2.75) is 12.6 Å². The number of carboxylic acids is 1. The van der Waals surface area contributed by atoms with Crippen LogP contribution in [0.4, 0.5) is 10.1 Å². The second-order valence-corrected chi connectivity index (χ2v) is 5.27. The lowest BCUT2D eigenvalue weighted by atomic mass is 10.1. The summed E-state index contributed by atoms with van der Waals surface area (Å²) in [5.74, 6) is -1.64. The van der Waals surface area contributed by atoms with E-state index in [1.807, 2.05) is 0 Å². The lowest BCUT2D eigenvalue weighted by Gasteiger charge is -2.32. The van der Waals surface area contributed by atoms with Gasteiger partial charge in [-0.1, -0.05) is 0 Å². The molecule has 1 aromatic rings. The summed E-state index contributed by atoms with van der Waals surface area (Å²) < 4.78 is 13.5. The smallest absolute Gasteiger partial charge is 0.305 e. The number of carboxylic acid groups (broad SMARTS) is 1. The van der Waals surface area contributed by atoms with Gasteiger partial charge in [-0.05, 0) is 18.2 Å². The Balaban J connectivity index is 2.30. The number of rotatable bonds is 6. The first-order chi connectivity index (χ1) is 11.0. The highest BCUT2D eigenvalue weighted by Gasteiger charge is 2.29. The summed E-state index contributed by atoms with van der Waals surface area (Å²) in [5.41, 5.74) is 0.692. The molecule has 1 aromatic carbocycles. The fraction of sp³-hybridized carbons (Fsp3) is 0.333. The molecule has 0 saturated carbocycles. The van der Waals surface area contributed by atoms with E-state index in [1.54, 1.807) is 22.2 Å². The quantitative estimate of drug-likeness (QED) is 0.772. The minimum absolute atomic E-state index is 0.0305. The number of benzene rings is 1. The van der Waals surface area contributed by atoms with Crippen molar-refractivity contribution >= 4 is 29.2 Å². The van der Waals surface area contributed by atoms with Crippen molar-refractivity contribution in [2.24, 2.45) is 0 Å². The number of aliphatic carboxylic acids is 1. The Morgan fingerprint density at radius 3 is 2.74 bits per heavy atom. The van der Waals surface area contributed by atoms with Gasteiger partial charge in [-0.15, -0.1) is 11.6 Å². The van der Waals surface area contributed by atoms with Crippen LogP contribution in [0.3, 0.4) is 0 Å². The van der Waals surface area contributed by atoms with Crippen molar-refractivity contribution in [3.63, 3.8) is 0 Å². The van der Waals surface area contributed by atoms with Crippen molar-refractivity contribution in [2.75, 3.05) is 24.4 Å². The third-order valence-corrected chi connectivity index (χ3v) is 3.83. The van der Waals surface area contributed by atoms with Crippen LogP contribution in [0.2, 0.25) is 0 Å². The minimum Gasteiger partial charge on any atom is -0.481 e. The molecule has 1 heterocycles. The van der Waals surface area contributed by atoms with E-state index in [0.29, 0.717) is 5.69 Å². The molecule has 1 amide bonds. The molecule has 1 aliphatic rings. The van der Waals surface area contributed by atoms with Gasteiger partial charge in [0, 0.05) is 26.0 Å². The normalized spacial score (nSPS) is 16.7. The van der Waals surface area contributed by atoms with E-state index < -0.39 is 17.7 Å². The molecular weight excluding hydrogens is 325 g/mol. The molecule has 0 fully saturated rings. The summed E-state index contributed by atoms with van der Waals surface area (Å²) in [7, 11) is 1.47. The predicted octanol–water partition coefficient (Wildman–Crippen LogP) is 1.82. The van der Waals surface area contributed by atoms with Gasteiger partial charge < -0.3 is 20.2 Å². The number of nitrogens with one attached hydrogen (secondary N) is 1. The maximum absolute atomic E-state index is 13.5. The van der Waals surface area contributed by atoms with Gasteiger partial charge in [0.2, 0.25) is 0 Å². The van der Waals surface area contributed by atoms with Crippen LogP contribution in [-0.4, -0.2) is 47.5 Å². The fourth-order valence-corrected chi connectivity index (χ4v) is 2.74. The third-order valence-electron chi connectivity index (χ3n) is 3.55. The summed E-state index contributed by atoms with van der Waals surface area (Å²) in [6.45, 7) is 0.288. The maximum Gasteiger partial charge on any atom is 0.305 e. The van der Waals surface area contributed by atoms with Crippen LogP contribution in [0.25, 0.3) is 0 Å². The number of carbonyl (C=O) groups is 2. The molecule has 1 aliphatic heterocycles. The first kappa shape index (κ1) is 17.1. The summed E-state index contributed by atoms with van der Waals surface area (Å²) >= 11 is 6.01. The van der Waals surface area contributed by atoms with Crippen LogP contribution in [0.5, 0.6) is 0 Å². The molecule has 0 aromatic heterocycles. The van der Waals surface area contributed by atoms with E-state index in [4.69, 9.17) is 16.7 Å². The van der Waals surface area contributed by atoms with E-state index in [-0.39, 0.29) is 30.6 Å². The first-order valence-corrected chi connectivity index (χ1v) is 7.53. The number of nitrogens with zero attached hydrogens (tertiary/aromatic N) is 2. The van der Waals surface area contributed by atoms with Crippen LogP contribution in [0, 0.1) is 5.82 Å². The Bertz CT molecular complexity index is 638. The molecule has 1 unspecified atom stereocenters. The van der Waals surface area contributed by atoms with Crippen molar-refractivity contribution in [3.8, 4) is 0 Å². The fourth-order valence-electron chi connectivity index (χ4n) is 2.42. The average molecular weight is 342 g/mol. The van der Waals surface area contributed by atoms with E-state index in [2.05, 4.69) is 5.32 Å². The number of hydrogen-bond donors (Lipinski definition) is 2. The highest BCUT2D eigenvalue weighted by molar-refractivity contribution is 6.18. The van der Waals surface area contributed by atoms with Crippen molar-refractivity contribution in [1.29, 1.82) is 0 Å². The molecule has 23 heavy (non-hydrogen) atoms. The van der Waals surface area contributed by atoms with Crippen molar-refractivity contribution in [1.82, 2.24) is 10.2 Å². The summed E-state index contributed by atoms with van der Waals surface area (Å²) in [6.07, 6.45) is 3.05. The summed E-state index contributed by atoms with van der Waals surface area (Å²) in [4.78, 5) is 26.2. The Morgan fingerprint density at radius 2 is 2.13 bits per heavy atom. The van der Waals surface area contributed by atoms with E-state index in [1.165, 1.54) is 19.2 Å². The van der Waals surface area contributed by atoms with Crippen molar-refractivity contribution < 1.29 is 19.1 Å². The third kappa shape index (κ3) is 3.73. The van der Waals surface area contributed by atoms with E-state index >= 15 is 0 Å². The molecule has 6 nitrogen and oxygen atoms in total. The Labute approximate surface area is 138 Å². The van der Waals surface area contributed by atoms with E-state index in [0.717, 1.165) is 6.07 Å². The summed E-state index contributed by atoms with van der Waals surface area (Å²) in [5, 5.41) is 11.3. The second kappa shape index (κ2) is 7.32. The lowest BCUT2D eigenvalue weighted by Crippen LogP contribution is -2.41. The molecule has 0 radical (unpaired) electrons. The Kier molecular flexibility index (Phi) is 5.44. The highest BCUT2D eigenvalue weighted by Crippen LogP contribution is 2.29. The van der Waals surface area contributed by atoms with Gasteiger partial charge in [-0.3, -0.25) is 9.59 Å². The molecule has 0 saturated heterocycles. The summed E-state index contributed by atoms with van der Waals surface area (Å²) in [6, 6.07) is 3.93. The number of amides is 1. The van der Waals surface area contributed by atoms with Crippen LogP contribution < -0.4 is 10.2 Å². The van der Waals surface area contributed by atoms with Gasteiger partial charge in [-0.25, -0.2) is 4.39 Å². The highest BCUT2D eigenvalue weighted by atomic mass is 35.5.